The number of aromatic nitrogens is 2. The molecule has 0 unspecified atom stereocenters. The second kappa shape index (κ2) is 7.73. The fourth-order valence-corrected chi connectivity index (χ4v) is 3.58. The molecule has 1 aromatic heterocycles. The van der Waals surface area contributed by atoms with Crippen molar-refractivity contribution in [3.05, 3.63) is 18.1 Å². The Balaban J connectivity index is 1.54. The van der Waals surface area contributed by atoms with Gasteiger partial charge in [-0.15, -0.1) is 0 Å². The van der Waals surface area contributed by atoms with Crippen molar-refractivity contribution in [3.63, 3.8) is 0 Å². The minimum atomic E-state index is -0.0866. The molecule has 2 fully saturated rings. The summed E-state index contributed by atoms with van der Waals surface area (Å²) in [6.45, 7) is 3.19. The van der Waals surface area contributed by atoms with Crippen molar-refractivity contribution >= 4 is 11.7 Å². The maximum absolute atomic E-state index is 12.5. The molecule has 0 radical (unpaired) electrons. The van der Waals surface area contributed by atoms with Crippen LogP contribution in [0.3, 0.4) is 0 Å². The van der Waals surface area contributed by atoms with Gasteiger partial charge in [-0.2, -0.15) is 0 Å². The third-order valence-electron chi connectivity index (χ3n) is 4.96. The SMILES string of the molecule is O=C(CC1CCCC1)N1CCCN(c2cnc(CO)cn2)CC1. The van der Waals surface area contributed by atoms with Crippen molar-refractivity contribution < 1.29 is 9.90 Å². The fourth-order valence-electron chi connectivity index (χ4n) is 3.58. The van der Waals surface area contributed by atoms with Crippen LogP contribution in [-0.2, 0) is 11.4 Å². The van der Waals surface area contributed by atoms with Gasteiger partial charge in [-0.1, -0.05) is 12.8 Å². The predicted octanol–water partition coefficient (Wildman–Crippen LogP) is 1.59. The monoisotopic (exact) mass is 318 g/mol. The quantitative estimate of drug-likeness (QED) is 0.913. The molecule has 6 nitrogen and oxygen atoms in total. The minimum Gasteiger partial charge on any atom is -0.390 e. The fraction of sp³-hybridized carbons (Fsp3) is 0.706. The molecule has 1 saturated carbocycles. The van der Waals surface area contributed by atoms with E-state index in [9.17, 15) is 4.79 Å². The molecule has 0 aromatic carbocycles. The Hall–Kier alpha value is -1.69. The van der Waals surface area contributed by atoms with Crippen LogP contribution in [0.5, 0.6) is 0 Å². The summed E-state index contributed by atoms with van der Waals surface area (Å²) >= 11 is 0. The number of hydrogen-bond donors (Lipinski definition) is 1. The molecular formula is C17H26N4O2. The van der Waals surface area contributed by atoms with E-state index in [1.54, 1.807) is 12.4 Å². The van der Waals surface area contributed by atoms with Gasteiger partial charge in [-0.25, -0.2) is 4.98 Å². The summed E-state index contributed by atoms with van der Waals surface area (Å²) < 4.78 is 0. The molecule has 0 atom stereocenters. The summed E-state index contributed by atoms with van der Waals surface area (Å²) in [4.78, 5) is 25.2. The van der Waals surface area contributed by atoms with Crippen molar-refractivity contribution in [2.75, 3.05) is 31.1 Å². The number of nitrogens with zero attached hydrogens (tertiary/aromatic N) is 4. The lowest BCUT2D eigenvalue weighted by Crippen LogP contribution is -2.36. The first kappa shape index (κ1) is 16.2. The summed E-state index contributed by atoms with van der Waals surface area (Å²) in [5.74, 6) is 1.76. The van der Waals surface area contributed by atoms with Crippen LogP contribution in [0.4, 0.5) is 5.82 Å². The highest BCUT2D eigenvalue weighted by molar-refractivity contribution is 5.76. The Bertz CT molecular complexity index is 514. The number of amides is 1. The van der Waals surface area contributed by atoms with Gasteiger partial charge in [0.25, 0.3) is 0 Å². The van der Waals surface area contributed by atoms with Gasteiger partial charge in [0, 0.05) is 32.6 Å². The second-order valence-corrected chi connectivity index (χ2v) is 6.60. The zero-order valence-electron chi connectivity index (χ0n) is 13.7. The van der Waals surface area contributed by atoms with Gasteiger partial charge in [0.1, 0.15) is 5.82 Å². The van der Waals surface area contributed by atoms with Gasteiger partial charge >= 0.3 is 0 Å². The Labute approximate surface area is 137 Å². The van der Waals surface area contributed by atoms with Crippen LogP contribution in [0.1, 0.15) is 44.2 Å². The van der Waals surface area contributed by atoms with E-state index in [2.05, 4.69) is 14.9 Å². The second-order valence-electron chi connectivity index (χ2n) is 6.60. The van der Waals surface area contributed by atoms with Crippen molar-refractivity contribution in [1.82, 2.24) is 14.9 Å². The molecule has 126 valence electrons. The minimum absolute atomic E-state index is 0.0866. The van der Waals surface area contributed by atoms with Crippen molar-refractivity contribution in [1.29, 1.82) is 0 Å². The van der Waals surface area contributed by atoms with E-state index < -0.39 is 0 Å². The Morgan fingerprint density at radius 2 is 1.91 bits per heavy atom. The summed E-state index contributed by atoms with van der Waals surface area (Å²) in [6, 6.07) is 0. The number of aliphatic hydroxyl groups is 1. The van der Waals surface area contributed by atoms with Crippen LogP contribution >= 0.6 is 0 Å². The number of hydrogen-bond acceptors (Lipinski definition) is 5. The lowest BCUT2D eigenvalue weighted by molar-refractivity contribution is -0.131. The predicted molar refractivity (Wildman–Crippen MR) is 87.9 cm³/mol. The lowest BCUT2D eigenvalue weighted by atomic mass is 10.0. The third kappa shape index (κ3) is 4.19. The molecule has 1 aliphatic heterocycles. The van der Waals surface area contributed by atoms with Crippen LogP contribution in [0.25, 0.3) is 0 Å². The van der Waals surface area contributed by atoms with Crippen LogP contribution in [0.15, 0.2) is 12.4 Å². The van der Waals surface area contributed by atoms with Gasteiger partial charge in [0.15, 0.2) is 0 Å². The smallest absolute Gasteiger partial charge is 0.222 e. The third-order valence-corrected chi connectivity index (χ3v) is 4.96. The van der Waals surface area contributed by atoms with Gasteiger partial charge in [0.2, 0.25) is 5.91 Å². The van der Waals surface area contributed by atoms with Crippen molar-refractivity contribution in [2.24, 2.45) is 5.92 Å². The van der Waals surface area contributed by atoms with E-state index in [0.717, 1.165) is 44.8 Å². The van der Waals surface area contributed by atoms with Crippen LogP contribution < -0.4 is 4.90 Å². The average Bonchev–Trinajstić information content (AvgIpc) is 2.96. The van der Waals surface area contributed by atoms with Crippen molar-refractivity contribution in [2.45, 2.75) is 45.1 Å². The van der Waals surface area contributed by atoms with Gasteiger partial charge in [0.05, 0.1) is 24.7 Å². The number of carbonyl (C=O) groups excluding carboxylic acids is 1. The molecule has 1 saturated heterocycles. The zero-order valence-corrected chi connectivity index (χ0v) is 13.7. The summed E-state index contributed by atoms with van der Waals surface area (Å²) in [5.41, 5.74) is 0.580. The van der Waals surface area contributed by atoms with Gasteiger partial charge in [-0.05, 0) is 25.2 Å². The number of anilines is 1. The number of carbonyl (C=O) groups is 1. The summed E-state index contributed by atoms with van der Waals surface area (Å²) in [5, 5.41) is 9.04. The highest BCUT2D eigenvalue weighted by Gasteiger charge is 2.24. The average molecular weight is 318 g/mol. The first-order chi connectivity index (χ1) is 11.3. The standard InChI is InChI=1S/C17H26N4O2/c22-13-15-11-19-16(12-18-15)20-6-3-7-21(9-8-20)17(23)10-14-4-1-2-5-14/h11-12,14,22H,1-10,13H2. The summed E-state index contributed by atoms with van der Waals surface area (Å²) in [7, 11) is 0. The van der Waals surface area contributed by atoms with Crippen LogP contribution in [0, 0.1) is 5.92 Å². The highest BCUT2D eigenvalue weighted by atomic mass is 16.3. The van der Waals surface area contributed by atoms with Crippen molar-refractivity contribution in [3.8, 4) is 0 Å². The largest absolute Gasteiger partial charge is 0.390 e. The van der Waals surface area contributed by atoms with E-state index in [4.69, 9.17) is 5.11 Å². The first-order valence-electron chi connectivity index (χ1n) is 8.71. The molecule has 2 aliphatic rings. The zero-order chi connectivity index (χ0) is 16.1. The Kier molecular flexibility index (Phi) is 5.43. The van der Waals surface area contributed by atoms with Crippen LogP contribution in [0.2, 0.25) is 0 Å². The number of rotatable bonds is 4. The molecule has 3 rings (SSSR count). The first-order valence-corrected chi connectivity index (χ1v) is 8.71. The van der Waals surface area contributed by atoms with Gasteiger partial charge in [-0.3, -0.25) is 9.78 Å². The lowest BCUT2D eigenvalue weighted by Gasteiger charge is -2.23. The van der Waals surface area contributed by atoms with E-state index in [1.807, 2.05) is 4.90 Å². The highest BCUT2D eigenvalue weighted by Crippen LogP contribution is 2.28. The van der Waals surface area contributed by atoms with Crippen LogP contribution in [-0.4, -0.2) is 52.1 Å². The molecule has 1 amide bonds. The van der Waals surface area contributed by atoms with Gasteiger partial charge < -0.3 is 14.9 Å². The van der Waals surface area contributed by atoms with E-state index in [1.165, 1.54) is 25.7 Å². The molecular weight excluding hydrogens is 292 g/mol. The molecule has 1 N–H and O–H groups in total. The number of aliphatic hydroxyl groups excluding tert-OH is 1. The molecule has 23 heavy (non-hydrogen) atoms. The molecule has 6 heteroatoms. The molecule has 1 aliphatic carbocycles. The van der Waals surface area contributed by atoms with E-state index in [0.29, 0.717) is 17.5 Å². The maximum atomic E-state index is 12.5. The molecule has 1 aromatic rings. The molecule has 0 spiro atoms. The van der Waals surface area contributed by atoms with E-state index >= 15 is 0 Å². The Morgan fingerprint density at radius 1 is 1.09 bits per heavy atom. The molecule has 0 bridgehead atoms. The maximum Gasteiger partial charge on any atom is 0.222 e. The van der Waals surface area contributed by atoms with E-state index in [-0.39, 0.29) is 6.61 Å². The topological polar surface area (TPSA) is 69.6 Å². The Morgan fingerprint density at radius 3 is 2.61 bits per heavy atom. The summed E-state index contributed by atoms with van der Waals surface area (Å²) in [6.07, 6.45) is 10.0. The normalized spacial score (nSPS) is 19.9. The molecule has 2 heterocycles.